The van der Waals surface area contributed by atoms with Gasteiger partial charge in [-0.1, -0.05) is 38.1 Å². The van der Waals surface area contributed by atoms with Crippen LogP contribution in [0.25, 0.3) is 11.3 Å². The lowest BCUT2D eigenvalue weighted by molar-refractivity contribution is -0.121. The maximum atomic E-state index is 11.9. The second kappa shape index (κ2) is 8.47. The van der Waals surface area contributed by atoms with E-state index in [1.807, 2.05) is 12.1 Å². The van der Waals surface area contributed by atoms with Gasteiger partial charge in [-0.25, -0.2) is 9.97 Å². The molecule has 0 atom stereocenters. The van der Waals surface area contributed by atoms with Crippen LogP contribution in [-0.2, 0) is 17.6 Å². The van der Waals surface area contributed by atoms with Crippen LogP contribution in [0.15, 0.2) is 47.4 Å². The lowest BCUT2D eigenvalue weighted by atomic mass is 10.0. The van der Waals surface area contributed by atoms with E-state index >= 15 is 0 Å². The number of nitrogens with one attached hydrogen (secondary N) is 2. The van der Waals surface area contributed by atoms with Gasteiger partial charge in [0.2, 0.25) is 5.91 Å². The average molecular weight is 352 g/mol. The molecule has 0 fully saturated rings. The van der Waals surface area contributed by atoms with E-state index in [0.29, 0.717) is 31.2 Å². The molecule has 0 unspecified atom stereocenters. The van der Waals surface area contributed by atoms with Crippen molar-refractivity contribution in [2.75, 3.05) is 6.54 Å². The van der Waals surface area contributed by atoms with Gasteiger partial charge in [0.05, 0.1) is 12.5 Å². The smallest absolute Gasteiger partial charge is 0.220 e. The molecule has 0 saturated heterocycles. The minimum atomic E-state index is -0.00875. The molecule has 0 saturated carbocycles. The first kappa shape index (κ1) is 17.9. The molecule has 0 spiro atoms. The molecule has 0 aliphatic heterocycles. The third-order valence-corrected chi connectivity index (χ3v) is 4.25. The van der Waals surface area contributed by atoms with Crippen LogP contribution in [0.1, 0.15) is 43.3 Å². The summed E-state index contributed by atoms with van der Waals surface area (Å²) < 4.78 is 5.78. The maximum Gasteiger partial charge on any atom is 0.220 e. The van der Waals surface area contributed by atoms with E-state index < -0.39 is 0 Å². The Labute approximate surface area is 153 Å². The fraction of sp³-hybridized carbons (Fsp3) is 0.350. The van der Waals surface area contributed by atoms with E-state index in [-0.39, 0.29) is 5.91 Å². The summed E-state index contributed by atoms with van der Waals surface area (Å²) >= 11 is 0. The van der Waals surface area contributed by atoms with Crippen molar-refractivity contribution in [1.82, 2.24) is 20.3 Å². The first-order valence-corrected chi connectivity index (χ1v) is 8.91. The monoisotopic (exact) mass is 352 g/mol. The van der Waals surface area contributed by atoms with Crippen molar-refractivity contribution in [1.29, 1.82) is 0 Å². The molecule has 1 amide bonds. The Balaban J connectivity index is 1.46. The molecule has 6 nitrogen and oxygen atoms in total. The number of nitrogens with zero attached hydrogens (tertiary/aromatic N) is 2. The van der Waals surface area contributed by atoms with Gasteiger partial charge in [0, 0.05) is 43.3 Å². The van der Waals surface area contributed by atoms with Crippen LogP contribution < -0.4 is 5.32 Å². The molecule has 0 aliphatic carbocycles. The summed E-state index contributed by atoms with van der Waals surface area (Å²) in [6.45, 7) is 4.92. The summed E-state index contributed by atoms with van der Waals surface area (Å²) in [6.07, 6.45) is 6.69. The number of rotatable bonds is 8. The van der Waals surface area contributed by atoms with Crippen molar-refractivity contribution in [3.05, 3.63) is 60.1 Å². The number of aromatic amines is 1. The van der Waals surface area contributed by atoms with E-state index in [1.54, 1.807) is 18.7 Å². The van der Waals surface area contributed by atoms with E-state index in [4.69, 9.17) is 4.42 Å². The van der Waals surface area contributed by atoms with Crippen molar-refractivity contribution < 1.29 is 9.21 Å². The van der Waals surface area contributed by atoms with Crippen LogP contribution in [0.4, 0.5) is 0 Å². The van der Waals surface area contributed by atoms with Crippen molar-refractivity contribution in [2.24, 2.45) is 0 Å². The van der Waals surface area contributed by atoms with Crippen LogP contribution in [-0.4, -0.2) is 27.4 Å². The van der Waals surface area contributed by atoms with Gasteiger partial charge in [-0.2, -0.15) is 0 Å². The van der Waals surface area contributed by atoms with Crippen molar-refractivity contribution in [3.63, 3.8) is 0 Å². The number of oxazole rings is 1. The summed E-state index contributed by atoms with van der Waals surface area (Å²) in [6, 6.07) is 8.30. The third-order valence-electron chi connectivity index (χ3n) is 4.25. The normalized spacial score (nSPS) is 11.0. The Morgan fingerprint density at radius 3 is 2.69 bits per heavy atom. The molecule has 3 aromatic rings. The van der Waals surface area contributed by atoms with E-state index in [2.05, 4.69) is 46.2 Å². The van der Waals surface area contributed by atoms with Crippen LogP contribution >= 0.6 is 0 Å². The number of aryl methyl sites for hydroxylation is 1. The molecule has 26 heavy (non-hydrogen) atoms. The summed E-state index contributed by atoms with van der Waals surface area (Å²) in [7, 11) is 0. The van der Waals surface area contributed by atoms with Gasteiger partial charge in [-0.15, -0.1) is 0 Å². The minimum absolute atomic E-state index is 0.00875. The summed E-state index contributed by atoms with van der Waals surface area (Å²) in [4.78, 5) is 23.2. The lowest BCUT2D eigenvalue weighted by Gasteiger charge is -2.05. The van der Waals surface area contributed by atoms with Crippen molar-refractivity contribution >= 4 is 5.91 Å². The Morgan fingerprint density at radius 2 is 2.00 bits per heavy atom. The second-order valence-electron chi connectivity index (χ2n) is 6.57. The van der Waals surface area contributed by atoms with Gasteiger partial charge >= 0.3 is 0 Å². The maximum absolute atomic E-state index is 11.9. The van der Waals surface area contributed by atoms with Gasteiger partial charge in [0.1, 0.15) is 0 Å². The third kappa shape index (κ3) is 4.81. The number of amides is 1. The van der Waals surface area contributed by atoms with E-state index in [0.717, 1.165) is 23.4 Å². The standard InChI is InChI=1S/C20H24N4O2/c1-14(2)15-3-5-16(6-4-15)18-12-23-20(26-18)8-7-19(25)22-10-9-17-11-21-13-24-17/h3-6,11-14H,7-10H2,1-2H3,(H,21,24)(H,22,25). The molecule has 2 heterocycles. The van der Waals surface area contributed by atoms with Gasteiger partial charge in [0.15, 0.2) is 11.7 Å². The molecule has 1 aromatic carbocycles. The van der Waals surface area contributed by atoms with Crippen LogP contribution in [0, 0.1) is 0 Å². The highest BCUT2D eigenvalue weighted by molar-refractivity contribution is 5.76. The van der Waals surface area contributed by atoms with Crippen molar-refractivity contribution in [2.45, 2.75) is 39.0 Å². The SMILES string of the molecule is CC(C)c1ccc(-c2cnc(CCC(=O)NCCc3cnc[nH]3)o2)cc1. The summed E-state index contributed by atoms with van der Waals surface area (Å²) in [5.41, 5.74) is 3.29. The topological polar surface area (TPSA) is 83.8 Å². The average Bonchev–Trinajstić information content (AvgIpc) is 3.32. The van der Waals surface area contributed by atoms with E-state index in [1.165, 1.54) is 5.56 Å². The van der Waals surface area contributed by atoms with Crippen LogP contribution in [0.2, 0.25) is 0 Å². The molecule has 0 radical (unpaired) electrons. The molecule has 2 N–H and O–H groups in total. The number of imidazole rings is 1. The predicted octanol–water partition coefficient (Wildman–Crippen LogP) is 3.48. The van der Waals surface area contributed by atoms with Gasteiger partial charge in [-0.05, 0) is 11.5 Å². The molecule has 2 aromatic heterocycles. The summed E-state index contributed by atoms with van der Waals surface area (Å²) in [5, 5.41) is 2.89. The largest absolute Gasteiger partial charge is 0.441 e. The molecular weight excluding hydrogens is 328 g/mol. The van der Waals surface area contributed by atoms with Crippen LogP contribution in [0.3, 0.4) is 0 Å². The second-order valence-corrected chi connectivity index (χ2v) is 6.57. The number of aromatic nitrogens is 3. The Morgan fingerprint density at radius 1 is 1.19 bits per heavy atom. The van der Waals surface area contributed by atoms with Crippen molar-refractivity contribution in [3.8, 4) is 11.3 Å². The van der Waals surface area contributed by atoms with E-state index in [9.17, 15) is 4.79 Å². The Kier molecular flexibility index (Phi) is 5.84. The quantitative estimate of drug-likeness (QED) is 0.650. The highest BCUT2D eigenvalue weighted by atomic mass is 16.4. The zero-order valence-corrected chi connectivity index (χ0v) is 15.2. The molecule has 0 bridgehead atoms. The van der Waals surface area contributed by atoms with Crippen LogP contribution in [0.5, 0.6) is 0 Å². The fourth-order valence-corrected chi connectivity index (χ4v) is 2.66. The first-order valence-electron chi connectivity index (χ1n) is 8.91. The Hall–Kier alpha value is -2.89. The molecule has 3 rings (SSSR count). The summed E-state index contributed by atoms with van der Waals surface area (Å²) in [5.74, 6) is 1.80. The number of benzene rings is 1. The Bertz CT molecular complexity index is 820. The molecule has 136 valence electrons. The number of carbonyl (C=O) groups is 1. The lowest BCUT2D eigenvalue weighted by Crippen LogP contribution is -2.25. The molecular formula is C20H24N4O2. The number of carbonyl (C=O) groups excluding carboxylic acids is 1. The van der Waals surface area contributed by atoms with Gasteiger partial charge < -0.3 is 14.7 Å². The molecule has 6 heteroatoms. The fourth-order valence-electron chi connectivity index (χ4n) is 2.66. The number of hydrogen-bond acceptors (Lipinski definition) is 4. The minimum Gasteiger partial charge on any atom is -0.441 e. The molecule has 0 aliphatic rings. The zero-order valence-electron chi connectivity index (χ0n) is 15.2. The first-order chi connectivity index (χ1) is 12.6. The highest BCUT2D eigenvalue weighted by Crippen LogP contribution is 2.23. The van der Waals surface area contributed by atoms with Gasteiger partial charge in [0.25, 0.3) is 0 Å². The predicted molar refractivity (Wildman–Crippen MR) is 99.7 cm³/mol. The number of H-pyrrole nitrogens is 1. The highest BCUT2D eigenvalue weighted by Gasteiger charge is 2.09. The van der Waals surface area contributed by atoms with Gasteiger partial charge in [-0.3, -0.25) is 4.79 Å². The number of hydrogen-bond donors (Lipinski definition) is 2. The zero-order chi connectivity index (χ0) is 18.4.